The van der Waals surface area contributed by atoms with Crippen molar-refractivity contribution in [2.24, 2.45) is 11.6 Å². The monoisotopic (exact) mass is 184 g/mol. The smallest absolute Gasteiger partial charge is 0.548 e. The minimum absolute atomic E-state index is 0. The van der Waals surface area contributed by atoms with E-state index < -0.39 is 18.0 Å². The van der Waals surface area contributed by atoms with E-state index in [1.165, 1.54) is 0 Å². The number of carbonyl (C=O) groups is 2. The van der Waals surface area contributed by atoms with Crippen molar-refractivity contribution in [3.8, 4) is 0 Å². The van der Waals surface area contributed by atoms with Crippen molar-refractivity contribution >= 4 is 11.9 Å². The maximum absolute atomic E-state index is 10.3. The van der Waals surface area contributed by atoms with Crippen molar-refractivity contribution in [2.45, 2.75) is 18.9 Å². The standard InChI is InChI=1S/C5H10N2O4.Na/c6-3(5(9)10)1-2-4(8)11-7;/h3H,1-2,6-7H2,(H,9,10);/q;+1/p-1/t3-;/m0./s1. The van der Waals surface area contributed by atoms with E-state index in [-0.39, 0.29) is 42.4 Å². The summed E-state index contributed by atoms with van der Waals surface area (Å²) in [7, 11) is 0. The van der Waals surface area contributed by atoms with Gasteiger partial charge in [0.1, 0.15) is 0 Å². The van der Waals surface area contributed by atoms with E-state index in [2.05, 4.69) is 10.7 Å². The van der Waals surface area contributed by atoms with Crippen LogP contribution in [-0.4, -0.2) is 18.0 Å². The van der Waals surface area contributed by atoms with Crippen LogP contribution >= 0.6 is 0 Å². The Morgan fingerprint density at radius 3 is 2.33 bits per heavy atom. The van der Waals surface area contributed by atoms with Gasteiger partial charge in [-0.1, -0.05) is 0 Å². The van der Waals surface area contributed by atoms with Gasteiger partial charge in [0, 0.05) is 12.5 Å². The van der Waals surface area contributed by atoms with Gasteiger partial charge in [-0.15, -0.1) is 0 Å². The fraction of sp³-hybridized carbons (Fsp3) is 0.600. The Labute approximate surface area is 91.5 Å². The quantitative estimate of drug-likeness (QED) is 0.332. The molecule has 0 aliphatic heterocycles. The van der Waals surface area contributed by atoms with Crippen LogP contribution in [0.4, 0.5) is 0 Å². The molecule has 0 saturated carbocycles. The van der Waals surface area contributed by atoms with Gasteiger partial charge in [0.15, 0.2) is 0 Å². The Hall–Kier alpha value is -0.140. The van der Waals surface area contributed by atoms with Crippen LogP contribution in [0, 0.1) is 0 Å². The molecule has 0 aliphatic carbocycles. The van der Waals surface area contributed by atoms with E-state index >= 15 is 0 Å². The van der Waals surface area contributed by atoms with Gasteiger partial charge in [-0.2, -0.15) is 5.90 Å². The number of rotatable bonds is 4. The topological polar surface area (TPSA) is 118 Å². The molecule has 7 heteroatoms. The zero-order valence-corrected chi connectivity index (χ0v) is 8.78. The summed E-state index contributed by atoms with van der Waals surface area (Å²) in [6, 6.07) is -1.14. The molecule has 6 nitrogen and oxygen atoms in total. The van der Waals surface area contributed by atoms with Crippen molar-refractivity contribution in [3.63, 3.8) is 0 Å². The minimum atomic E-state index is -1.39. The second-order valence-corrected chi connectivity index (χ2v) is 1.95. The van der Waals surface area contributed by atoms with Gasteiger partial charge >= 0.3 is 35.5 Å². The predicted molar refractivity (Wildman–Crippen MR) is 32.5 cm³/mol. The molecule has 64 valence electrons. The summed E-state index contributed by atoms with van der Waals surface area (Å²) < 4.78 is 0. The first kappa shape index (κ1) is 14.4. The molecule has 0 unspecified atom stereocenters. The molecule has 0 amide bonds. The molecule has 0 radical (unpaired) electrons. The molecule has 0 fully saturated rings. The number of hydrogen-bond donors (Lipinski definition) is 2. The van der Waals surface area contributed by atoms with Gasteiger partial charge in [0.25, 0.3) is 0 Å². The SMILES string of the molecule is NOC(=O)CC[C@H](N)C(=O)[O-].[Na+]. The number of carbonyl (C=O) groups excluding carboxylic acids is 2. The molecule has 0 aliphatic rings. The molecule has 0 aromatic rings. The number of aliphatic carboxylic acids is 1. The molecule has 0 heterocycles. The van der Waals surface area contributed by atoms with Crippen LogP contribution in [-0.2, 0) is 14.4 Å². The second-order valence-electron chi connectivity index (χ2n) is 1.95. The fourth-order valence-corrected chi connectivity index (χ4v) is 0.450. The molecular weight excluding hydrogens is 175 g/mol. The van der Waals surface area contributed by atoms with Crippen LogP contribution < -0.4 is 46.3 Å². The normalized spacial score (nSPS) is 11.2. The molecule has 0 bridgehead atoms. The molecule has 0 aromatic heterocycles. The minimum Gasteiger partial charge on any atom is -0.548 e. The molecular formula is C5H9N2NaO4. The number of carboxylic acid groups (broad SMARTS) is 1. The van der Waals surface area contributed by atoms with Gasteiger partial charge in [0.05, 0.1) is 5.97 Å². The Bertz CT molecular complexity index is 164. The van der Waals surface area contributed by atoms with Crippen molar-refractivity contribution in [2.75, 3.05) is 0 Å². The van der Waals surface area contributed by atoms with E-state index in [1.807, 2.05) is 0 Å². The van der Waals surface area contributed by atoms with Gasteiger partial charge in [-0.25, -0.2) is 0 Å². The van der Waals surface area contributed by atoms with Crippen LogP contribution in [0.15, 0.2) is 0 Å². The van der Waals surface area contributed by atoms with Crippen LogP contribution in [0.1, 0.15) is 12.8 Å². The molecule has 12 heavy (non-hydrogen) atoms. The summed E-state index contributed by atoms with van der Waals surface area (Å²) in [4.78, 5) is 24.1. The maximum Gasteiger partial charge on any atom is 1.00 e. The van der Waals surface area contributed by atoms with Crippen molar-refractivity contribution in [3.05, 3.63) is 0 Å². The Morgan fingerprint density at radius 2 is 2.00 bits per heavy atom. The summed E-state index contributed by atoms with van der Waals surface area (Å²) in [6.07, 6.45) is -0.149. The average molecular weight is 184 g/mol. The number of nitrogens with two attached hydrogens (primary N) is 2. The van der Waals surface area contributed by atoms with Crippen molar-refractivity contribution < 1.29 is 49.1 Å². The first-order valence-corrected chi connectivity index (χ1v) is 2.94. The maximum atomic E-state index is 10.3. The number of hydrogen-bond acceptors (Lipinski definition) is 6. The summed E-state index contributed by atoms with van der Waals surface area (Å²) in [6.45, 7) is 0. The van der Waals surface area contributed by atoms with Crippen LogP contribution in [0.3, 0.4) is 0 Å². The molecule has 0 spiro atoms. The van der Waals surface area contributed by atoms with Crippen LogP contribution in [0.5, 0.6) is 0 Å². The first-order valence-electron chi connectivity index (χ1n) is 2.94. The third-order valence-electron chi connectivity index (χ3n) is 1.09. The largest absolute Gasteiger partial charge is 1.00 e. The summed E-state index contributed by atoms with van der Waals surface area (Å²) >= 11 is 0. The molecule has 0 saturated heterocycles. The summed E-state index contributed by atoms with van der Waals surface area (Å²) in [5.74, 6) is 2.39. The van der Waals surface area contributed by atoms with Gasteiger partial charge in [-0.05, 0) is 6.42 Å². The fourth-order valence-electron chi connectivity index (χ4n) is 0.450. The van der Waals surface area contributed by atoms with Crippen molar-refractivity contribution in [1.29, 1.82) is 0 Å². The van der Waals surface area contributed by atoms with E-state index in [0.29, 0.717) is 0 Å². The second kappa shape index (κ2) is 7.51. The third-order valence-corrected chi connectivity index (χ3v) is 1.09. The van der Waals surface area contributed by atoms with Gasteiger partial charge in [0.2, 0.25) is 0 Å². The first-order chi connectivity index (χ1) is 5.07. The number of carboxylic acids is 1. The zero-order valence-electron chi connectivity index (χ0n) is 6.78. The Kier molecular flexibility index (Phi) is 9.00. The predicted octanol–water partition coefficient (Wildman–Crippen LogP) is -5.74. The third kappa shape index (κ3) is 6.56. The zero-order chi connectivity index (χ0) is 8.85. The van der Waals surface area contributed by atoms with Crippen molar-refractivity contribution in [1.82, 2.24) is 0 Å². The van der Waals surface area contributed by atoms with Crippen LogP contribution in [0.25, 0.3) is 0 Å². The van der Waals surface area contributed by atoms with E-state index in [4.69, 9.17) is 5.73 Å². The molecule has 0 rings (SSSR count). The Morgan fingerprint density at radius 1 is 1.50 bits per heavy atom. The molecule has 4 N–H and O–H groups in total. The van der Waals surface area contributed by atoms with Gasteiger partial charge in [-0.3, -0.25) is 4.79 Å². The van der Waals surface area contributed by atoms with E-state index in [1.54, 1.807) is 0 Å². The van der Waals surface area contributed by atoms with E-state index in [9.17, 15) is 14.7 Å². The summed E-state index contributed by atoms with van der Waals surface area (Å²) in [5.41, 5.74) is 5.01. The Balaban J connectivity index is 0. The molecule has 1 atom stereocenters. The average Bonchev–Trinajstić information content (AvgIpc) is 1.99. The summed E-state index contributed by atoms with van der Waals surface area (Å²) in [5, 5.41) is 9.98. The molecule has 0 aromatic carbocycles. The van der Waals surface area contributed by atoms with Gasteiger partial charge < -0.3 is 20.5 Å². The van der Waals surface area contributed by atoms with E-state index in [0.717, 1.165) is 0 Å². The van der Waals surface area contributed by atoms with Crippen LogP contribution in [0.2, 0.25) is 0 Å².